The lowest BCUT2D eigenvalue weighted by molar-refractivity contribution is 0.0472. The van der Waals surface area contributed by atoms with E-state index in [0.29, 0.717) is 11.5 Å². The molecular weight excluding hydrogens is 240 g/mol. The summed E-state index contributed by atoms with van der Waals surface area (Å²) < 4.78 is 0. The summed E-state index contributed by atoms with van der Waals surface area (Å²) in [7, 11) is 0. The first kappa shape index (κ1) is 14.0. The highest BCUT2D eigenvalue weighted by Crippen LogP contribution is 2.24. The van der Waals surface area contributed by atoms with Crippen LogP contribution in [0.15, 0.2) is 24.3 Å². The predicted molar refractivity (Wildman–Crippen MR) is 74.6 cm³/mol. The van der Waals surface area contributed by atoms with E-state index in [4.69, 9.17) is 5.73 Å². The Labute approximate surface area is 114 Å². The number of hydrogen-bond donors (Lipinski definition) is 2. The summed E-state index contributed by atoms with van der Waals surface area (Å²) in [5.41, 5.74) is 6.92. The van der Waals surface area contributed by atoms with Gasteiger partial charge in [-0.15, -0.1) is 0 Å². The van der Waals surface area contributed by atoms with Crippen molar-refractivity contribution in [1.29, 1.82) is 0 Å². The standard InChI is InChI=1S/C15H22N2O2/c1-11-4-3-7-17(14(11)10-18)9-12-5-2-6-13(8-12)15(16)19/h2,5-6,8,11,14,18H,3-4,7,9-10H2,1H3,(H2,16,19). The molecule has 4 heteroatoms. The van der Waals surface area contributed by atoms with Crippen molar-refractivity contribution in [2.24, 2.45) is 11.7 Å². The molecule has 104 valence electrons. The number of benzene rings is 1. The molecule has 1 aromatic carbocycles. The number of piperidine rings is 1. The zero-order chi connectivity index (χ0) is 13.8. The number of aliphatic hydroxyl groups excluding tert-OH is 1. The Morgan fingerprint density at radius 2 is 2.32 bits per heavy atom. The summed E-state index contributed by atoms with van der Waals surface area (Å²) >= 11 is 0. The Morgan fingerprint density at radius 1 is 1.53 bits per heavy atom. The molecule has 19 heavy (non-hydrogen) atoms. The lowest BCUT2D eigenvalue weighted by atomic mass is 9.91. The molecule has 0 radical (unpaired) electrons. The third kappa shape index (κ3) is 3.33. The van der Waals surface area contributed by atoms with Crippen LogP contribution >= 0.6 is 0 Å². The van der Waals surface area contributed by atoms with Crippen LogP contribution in [-0.2, 0) is 6.54 Å². The van der Waals surface area contributed by atoms with E-state index in [2.05, 4.69) is 11.8 Å². The molecule has 1 aromatic rings. The maximum atomic E-state index is 11.2. The van der Waals surface area contributed by atoms with Gasteiger partial charge in [0.1, 0.15) is 0 Å². The number of hydrogen-bond acceptors (Lipinski definition) is 3. The minimum absolute atomic E-state index is 0.191. The first-order valence-corrected chi connectivity index (χ1v) is 6.85. The topological polar surface area (TPSA) is 66.6 Å². The monoisotopic (exact) mass is 262 g/mol. The van der Waals surface area contributed by atoms with Gasteiger partial charge in [0.05, 0.1) is 6.61 Å². The minimum Gasteiger partial charge on any atom is -0.395 e. The fourth-order valence-corrected chi connectivity index (χ4v) is 2.88. The molecule has 1 heterocycles. The van der Waals surface area contributed by atoms with Gasteiger partial charge in [-0.1, -0.05) is 19.1 Å². The first-order valence-electron chi connectivity index (χ1n) is 6.85. The quantitative estimate of drug-likeness (QED) is 0.861. The van der Waals surface area contributed by atoms with Gasteiger partial charge in [-0.3, -0.25) is 9.69 Å². The average Bonchev–Trinajstić information content (AvgIpc) is 2.39. The number of nitrogens with two attached hydrogens (primary N) is 1. The Bertz CT molecular complexity index is 448. The number of amides is 1. The van der Waals surface area contributed by atoms with Gasteiger partial charge < -0.3 is 10.8 Å². The van der Waals surface area contributed by atoms with Gasteiger partial charge in [0, 0.05) is 18.2 Å². The molecule has 0 aromatic heterocycles. The predicted octanol–water partition coefficient (Wildman–Crippen LogP) is 1.38. The van der Waals surface area contributed by atoms with Crippen molar-refractivity contribution in [2.75, 3.05) is 13.2 Å². The summed E-state index contributed by atoms with van der Waals surface area (Å²) in [6.45, 7) is 4.14. The van der Waals surface area contributed by atoms with E-state index in [9.17, 15) is 9.90 Å². The second-order valence-corrected chi connectivity index (χ2v) is 5.40. The zero-order valence-electron chi connectivity index (χ0n) is 11.4. The Hall–Kier alpha value is -1.39. The maximum absolute atomic E-state index is 11.2. The highest BCUT2D eigenvalue weighted by Gasteiger charge is 2.27. The number of carbonyl (C=O) groups excluding carboxylic acids is 1. The van der Waals surface area contributed by atoms with Crippen LogP contribution in [0.2, 0.25) is 0 Å². The van der Waals surface area contributed by atoms with Crippen molar-refractivity contribution in [1.82, 2.24) is 4.90 Å². The van der Waals surface area contributed by atoms with Crippen molar-refractivity contribution in [3.63, 3.8) is 0 Å². The zero-order valence-corrected chi connectivity index (χ0v) is 11.4. The number of aliphatic hydroxyl groups is 1. The molecule has 0 spiro atoms. The largest absolute Gasteiger partial charge is 0.395 e. The number of likely N-dealkylation sites (tertiary alicyclic amines) is 1. The van der Waals surface area contributed by atoms with E-state index in [0.717, 1.165) is 25.1 Å². The van der Waals surface area contributed by atoms with Crippen LogP contribution in [-0.4, -0.2) is 35.1 Å². The first-order chi connectivity index (χ1) is 9.11. The molecule has 0 aliphatic carbocycles. The van der Waals surface area contributed by atoms with E-state index in [-0.39, 0.29) is 12.6 Å². The molecule has 2 rings (SSSR count). The minimum atomic E-state index is -0.396. The van der Waals surface area contributed by atoms with Gasteiger partial charge in [-0.05, 0) is 43.0 Å². The molecule has 2 unspecified atom stereocenters. The van der Waals surface area contributed by atoms with Crippen LogP contribution in [0.4, 0.5) is 0 Å². The van der Waals surface area contributed by atoms with Crippen molar-refractivity contribution in [3.8, 4) is 0 Å². The van der Waals surface area contributed by atoms with Gasteiger partial charge in [-0.25, -0.2) is 0 Å². The summed E-state index contributed by atoms with van der Waals surface area (Å²) in [5.74, 6) is 0.116. The van der Waals surface area contributed by atoms with E-state index < -0.39 is 5.91 Å². The number of rotatable bonds is 4. The lowest BCUT2D eigenvalue weighted by Gasteiger charge is -2.39. The molecule has 4 nitrogen and oxygen atoms in total. The van der Waals surface area contributed by atoms with Gasteiger partial charge >= 0.3 is 0 Å². The Kier molecular flexibility index (Phi) is 4.56. The maximum Gasteiger partial charge on any atom is 0.248 e. The molecule has 0 bridgehead atoms. The van der Waals surface area contributed by atoms with Crippen LogP contribution in [0, 0.1) is 5.92 Å². The molecule has 1 aliphatic heterocycles. The summed E-state index contributed by atoms with van der Waals surface area (Å²) in [6, 6.07) is 7.65. The smallest absolute Gasteiger partial charge is 0.248 e. The molecule has 3 N–H and O–H groups in total. The van der Waals surface area contributed by atoms with Gasteiger partial charge in [0.15, 0.2) is 0 Å². The molecule has 2 atom stereocenters. The van der Waals surface area contributed by atoms with Crippen molar-refractivity contribution in [2.45, 2.75) is 32.4 Å². The van der Waals surface area contributed by atoms with Crippen LogP contribution in [0.25, 0.3) is 0 Å². The fourth-order valence-electron chi connectivity index (χ4n) is 2.88. The van der Waals surface area contributed by atoms with Crippen LogP contribution < -0.4 is 5.73 Å². The third-order valence-corrected chi connectivity index (χ3v) is 4.01. The third-order valence-electron chi connectivity index (χ3n) is 4.01. The van der Waals surface area contributed by atoms with Crippen molar-refractivity contribution < 1.29 is 9.90 Å². The molecular formula is C15H22N2O2. The average molecular weight is 262 g/mol. The Morgan fingerprint density at radius 3 is 3.00 bits per heavy atom. The summed E-state index contributed by atoms with van der Waals surface area (Å²) in [5, 5.41) is 9.54. The number of primary amides is 1. The number of nitrogens with zero attached hydrogens (tertiary/aromatic N) is 1. The molecule has 1 fully saturated rings. The molecule has 1 saturated heterocycles. The summed E-state index contributed by atoms with van der Waals surface area (Å²) in [4.78, 5) is 13.5. The van der Waals surface area contributed by atoms with Gasteiger partial charge in [0.2, 0.25) is 5.91 Å². The van der Waals surface area contributed by atoms with Gasteiger partial charge in [0.25, 0.3) is 0 Å². The molecule has 0 saturated carbocycles. The van der Waals surface area contributed by atoms with Gasteiger partial charge in [-0.2, -0.15) is 0 Å². The van der Waals surface area contributed by atoms with Crippen LogP contribution in [0.3, 0.4) is 0 Å². The van der Waals surface area contributed by atoms with E-state index in [1.165, 1.54) is 6.42 Å². The normalized spacial score (nSPS) is 24.3. The molecule has 1 amide bonds. The Balaban J connectivity index is 2.11. The molecule has 1 aliphatic rings. The highest BCUT2D eigenvalue weighted by molar-refractivity contribution is 5.92. The van der Waals surface area contributed by atoms with E-state index in [1.807, 2.05) is 18.2 Å². The SMILES string of the molecule is CC1CCCN(Cc2cccc(C(N)=O)c2)C1CO. The second-order valence-electron chi connectivity index (χ2n) is 5.40. The number of carbonyl (C=O) groups is 1. The second kappa shape index (κ2) is 6.17. The van der Waals surface area contributed by atoms with E-state index >= 15 is 0 Å². The van der Waals surface area contributed by atoms with E-state index in [1.54, 1.807) is 6.07 Å². The fraction of sp³-hybridized carbons (Fsp3) is 0.533. The van der Waals surface area contributed by atoms with Crippen LogP contribution in [0.1, 0.15) is 35.7 Å². The summed E-state index contributed by atoms with van der Waals surface area (Å²) in [6.07, 6.45) is 2.33. The van der Waals surface area contributed by atoms with Crippen LogP contribution in [0.5, 0.6) is 0 Å². The van der Waals surface area contributed by atoms with Crippen molar-refractivity contribution in [3.05, 3.63) is 35.4 Å². The lowest BCUT2D eigenvalue weighted by Crippen LogP contribution is -2.45. The van der Waals surface area contributed by atoms with Crippen molar-refractivity contribution >= 4 is 5.91 Å². The highest BCUT2D eigenvalue weighted by atomic mass is 16.3.